The van der Waals surface area contributed by atoms with Crippen molar-refractivity contribution in [1.29, 1.82) is 0 Å². The third-order valence-corrected chi connectivity index (χ3v) is 4.64. The third kappa shape index (κ3) is 3.71. The molecular formula is C14H25ClN4. The van der Waals surface area contributed by atoms with Crippen LogP contribution in [0.1, 0.15) is 30.7 Å². The van der Waals surface area contributed by atoms with Crippen LogP contribution in [0, 0.1) is 12.8 Å². The lowest BCUT2D eigenvalue weighted by Gasteiger charge is -2.31. The topological polar surface area (TPSA) is 33.1 Å². The number of aromatic nitrogens is 2. The van der Waals surface area contributed by atoms with Crippen molar-refractivity contribution in [2.45, 2.75) is 32.7 Å². The normalized spacial score (nSPS) is 18.1. The van der Waals surface area contributed by atoms with Crippen LogP contribution in [0.5, 0.6) is 0 Å². The minimum Gasteiger partial charge on any atom is -0.320 e. The van der Waals surface area contributed by atoms with Crippen LogP contribution < -0.4 is 5.32 Å². The van der Waals surface area contributed by atoms with Gasteiger partial charge in [0.25, 0.3) is 0 Å². The van der Waals surface area contributed by atoms with Gasteiger partial charge in [-0.3, -0.25) is 9.58 Å². The van der Waals surface area contributed by atoms with Gasteiger partial charge in [-0.25, -0.2) is 0 Å². The molecular weight excluding hydrogens is 260 g/mol. The molecule has 0 aromatic carbocycles. The molecule has 1 aromatic rings. The van der Waals surface area contributed by atoms with Gasteiger partial charge in [-0.1, -0.05) is 11.6 Å². The van der Waals surface area contributed by atoms with Crippen LogP contribution in [0.4, 0.5) is 0 Å². The second-order valence-corrected chi connectivity index (χ2v) is 5.96. The molecule has 1 aromatic heterocycles. The van der Waals surface area contributed by atoms with E-state index in [1.165, 1.54) is 32.4 Å². The zero-order chi connectivity index (χ0) is 13.8. The smallest absolute Gasteiger partial charge is 0.0860 e. The van der Waals surface area contributed by atoms with E-state index in [1.54, 1.807) is 0 Å². The summed E-state index contributed by atoms with van der Waals surface area (Å²) in [5.41, 5.74) is 2.08. The summed E-state index contributed by atoms with van der Waals surface area (Å²) >= 11 is 6.31. The van der Waals surface area contributed by atoms with Gasteiger partial charge in [0, 0.05) is 13.6 Å². The predicted molar refractivity (Wildman–Crippen MR) is 79.5 cm³/mol. The second kappa shape index (κ2) is 6.73. The maximum atomic E-state index is 6.31. The SMILES string of the molecule is CNCCC1CCN(Cc2c(Cl)c(C)nn2C)CC1. The fourth-order valence-corrected chi connectivity index (χ4v) is 3.07. The van der Waals surface area contributed by atoms with E-state index in [-0.39, 0.29) is 0 Å². The minimum atomic E-state index is 0.833. The predicted octanol–water partition coefficient (Wildman–Crippen LogP) is 2.20. The maximum absolute atomic E-state index is 6.31. The Hall–Kier alpha value is -0.580. The van der Waals surface area contributed by atoms with Crippen LogP contribution >= 0.6 is 11.6 Å². The van der Waals surface area contributed by atoms with Crippen LogP contribution in [0.25, 0.3) is 0 Å². The first-order valence-corrected chi connectivity index (χ1v) is 7.54. The fraction of sp³-hybridized carbons (Fsp3) is 0.786. The average molecular weight is 285 g/mol. The first kappa shape index (κ1) is 14.8. The van der Waals surface area contributed by atoms with E-state index in [9.17, 15) is 0 Å². The van der Waals surface area contributed by atoms with Crippen molar-refractivity contribution in [3.63, 3.8) is 0 Å². The zero-order valence-corrected chi connectivity index (χ0v) is 13.0. The van der Waals surface area contributed by atoms with Crippen molar-refractivity contribution >= 4 is 11.6 Å². The van der Waals surface area contributed by atoms with Crippen molar-refractivity contribution in [3.8, 4) is 0 Å². The number of aryl methyl sites for hydroxylation is 2. The second-order valence-electron chi connectivity index (χ2n) is 5.58. The third-order valence-electron chi connectivity index (χ3n) is 4.14. The molecule has 2 heterocycles. The molecule has 1 N–H and O–H groups in total. The van der Waals surface area contributed by atoms with Gasteiger partial charge in [-0.05, 0) is 58.8 Å². The molecule has 0 bridgehead atoms. The number of rotatable bonds is 5. The Labute approximate surface area is 121 Å². The summed E-state index contributed by atoms with van der Waals surface area (Å²) < 4.78 is 1.92. The number of nitrogens with zero attached hydrogens (tertiary/aromatic N) is 3. The summed E-state index contributed by atoms with van der Waals surface area (Å²) in [6, 6.07) is 0. The lowest BCUT2D eigenvalue weighted by molar-refractivity contribution is 0.169. The van der Waals surface area contributed by atoms with E-state index in [0.29, 0.717) is 0 Å². The van der Waals surface area contributed by atoms with Gasteiger partial charge in [0.1, 0.15) is 0 Å². The Kier molecular flexibility index (Phi) is 5.25. The van der Waals surface area contributed by atoms with Crippen molar-refractivity contribution in [2.75, 3.05) is 26.7 Å². The van der Waals surface area contributed by atoms with Gasteiger partial charge < -0.3 is 5.32 Å². The summed E-state index contributed by atoms with van der Waals surface area (Å²) in [5.74, 6) is 0.882. The van der Waals surface area contributed by atoms with E-state index in [1.807, 2.05) is 25.7 Å². The summed E-state index contributed by atoms with van der Waals surface area (Å²) in [6.45, 7) is 6.38. The van der Waals surface area contributed by atoms with Crippen LogP contribution in [0.3, 0.4) is 0 Å². The van der Waals surface area contributed by atoms with Crippen LogP contribution in [0.15, 0.2) is 0 Å². The van der Waals surface area contributed by atoms with Crippen molar-refractivity contribution in [2.24, 2.45) is 13.0 Å². The van der Waals surface area contributed by atoms with Crippen LogP contribution in [-0.4, -0.2) is 41.4 Å². The molecule has 108 valence electrons. The van der Waals surface area contributed by atoms with Gasteiger partial charge >= 0.3 is 0 Å². The summed E-state index contributed by atoms with van der Waals surface area (Å²) in [4.78, 5) is 2.50. The maximum Gasteiger partial charge on any atom is 0.0860 e. The monoisotopic (exact) mass is 284 g/mol. The van der Waals surface area contributed by atoms with Crippen LogP contribution in [0.2, 0.25) is 5.02 Å². The standard InChI is InChI=1S/C14H25ClN4/c1-11-14(15)13(18(3)17-11)10-19-8-5-12(6-9-19)4-7-16-2/h12,16H,4-10H2,1-3H3. The molecule has 1 saturated heterocycles. The molecule has 0 atom stereocenters. The number of hydrogen-bond acceptors (Lipinski definition) is 3. The highest BCUT2D eigenvalue weighted by Gasteiger charge is 2.21. The first-order valence-electron chi connectivity index (χ1n) is 7.16. The molecule has 0 spiro atoms. The average Bonchev–Trinajstić information content (AvgIpc) is 2.64. The Balaban J connectivity index is 1.85. The van der Waals surface area contributed by atoms with Crippen LogP contribution in [-0.2, 0) is 13.6 Å². The summed E-state index contributed by atoms with van der Waals surface area (Å²) in [7, 11) is 4.01. The Bertz CT molecular complexity index is 408. The van der Waals surface area contributed by atoms with E-state index in [4.69, 9.17) is 11.6 Å². The summed E-state index contributed by atoms with van der Waals surface area (Å²) in [6.07, 6.45) is 3.90. The van der Waals surface area contributed by atoms with Gasteiger partial charge in [-0.15, -0.1) is 0 Å². The molecule has 4 nitrogen and oxygen atoms in total. The highest BCUT2D eigenvalue weighted by Crippen LogP contribution is 2.25. The Morgan fingerprint density at radius 3 is 2.58 bits per heavy atom. The zero-order valence-electron chi connectivity index (χ0n) is 12.2. The minimum absolute atomic E-state index is 0.833. The van der Waals surface area contributed by atoms with Crippen molar-refractivity contribution < 1.29 is 0 Å². The highest BCUT2D eigenvalue weighted by atomic mass is 35.5. The molecule has 0 saturated carbocycles. The number of likely N-dealkylation sites (tertiary alicyclic amines) is 1. The Morgan fingerprint density at radius 2 is 2.05 bits per heavy atom. The quantitative estimate of drug-likeness (QED) is 0.900. The van der Waals surface area contributed by atoms with E-state index in [0.717, 1.165) is 35.4 Å². The molecule has 2 rings (SSSR count). The Morgan fingerprint density at radius 1 is 1.37 bits per heavy atom. The molecule has 1 fully saturated rings. The number of piperidine rings is 1. The van der Waals surface area contributed by atoms with Gasteiger partial charge in [0.15, 0.2) is 0 Å². The lowest BCUT2D eigenvalue weighted by atomic mass is 9.93. The van der Waals surface area contributed by atoms with Gasteiger partial charge in [-0.2, -0.15) is 5.10 Å². The molecule has 0 aliphatic carbocycles. The van der Waals surface area contributed by atoms with Gasteiger partial charge in [0.2, 0.25) is 0 Å². The largest absolute Gasteiger partial charge is 0.320 e. The number of hydrogen-bond donors (Lipinski definition) is 1. The highest BCUT2D eigenvalue weighted by molar-refractivity contribution is 6.31. The molecule has 1 aliphatic heterocycles. The molecule has 0 radical (unpaired) electrons. The van der Waals surface area contributed by atoms with Gasteiger partial charge in [0.05, 0.1) is 16.4 Å². The van der Waals surface area contributed by atoms with E-state index in [2.05, 4.69) is 15.3 Å². The summed E-state index contributed by atoms with van der Waals surface area (Å²) in [5, 5.41) is 8.46. The van der Waals surface area contributed by atoms with E-state index >= 15 is 0 Å². The lowest BCUT2D eigenvalue weighted by Crippen LogP contribution is -2.34. The molecule has 5 heteroatoms. The molecule has 1 aliphatic rings. The molecule has 0 amide bonds. The number of nitrogens with one attached hydrogen (secondary N) is 1. The van der Waals surface area contributed by atoms with Crippen molar-refractivity contribution in [1.82, 2.24) is 20.0 Å². The van der Waals surface area contributed by atoms with Crippen molar-refractivity contribution in [3.05, 3.63) is 16.4 Å². The number of halogens is 1. The molecule has 0 unspecified atom stereocenters. The van der Waals surface area contributed by atoms with E-state index < -0.39 is 0 Å². The molecule has 19 heavy (non-hydrogen) atoms. The first-order chi connectivity index (χ1) is 9.11. The fourth-order valence-electron chi connectivity index (χ4n) is 2.85.